The SMILES string of the molecule is Cc1cnn([C@H]2C[C@H]3CN(Cc4ccc(F)cc4)C[C@H]3C[C@@H]2OCC(=O)N(C)C)c1. The number of hydrogen-bond donors (Lipinski definition) is 0. The quantitative estimate of drug-likeness (QED) is 0.729. The number of benzene rings is 1. The Labute approximate surface area is 177 Å². The van der Waals surface area contributed by atoms with E-state index in [1.54, 1.807) is 19.0 Å². The van der Waals surface area contributed by atoms with Gasteiger partial charge in [0.1, 0.15) is 12.4 Å². The Morgan fingerprint density at radius 2 is 1.90 bits per heavy atom. The van der Waals surface area contributed by atoms with Crippen molar-refractivity contribution in [2.75, 3.05) is 33.8 Å². The summed E-state index contributed by atoms with van der Waals surface area (Å²) in [5.41, 5.74) is 2.27. The van der Waals surface area contributed by atoms with Crippen molar-refractivity contribution in [1.29, 1.82) is 0 Å². The van der Waals surface area contributed by atoms with Gasteiger partial charge in [0, 0.05) is 39.9 Å². The summed E-state index contributed by atoms with van der Waals surface area (Å²) in [5, 5.41) is 4.55. The van der Waals surface area contributed by atoms with Gasteiger partial charge in [0.2, 0.25) is 5.91 Å². The molecular formula is C23H31FN4O2. The number of carbonyl (C=O) groups is 1. The summed E-state index contributed by atoms with van der Waals surface area (Å²) >= 11 is 0. The molecule has 2 fully saturated rings. The summed E-state index contributed by atoms with van der Waals surface area (Å²) in [5.74, 6) is 0.900. The number of halogens is 1. The highest BCUT2D eigenvalue weighted by atomic mass is 19.1. The maximum atomic E-state index is 13.2. The largest absolute Gasteiger partial charge is 0.366 e. The molecule has 0 spiro atoms. The highest BCUT2D eigenvalue weighted by Gasteiger charge is 2.43. The molecule has 0 bridgehead atoms. The fraction of sp³-hybridized carbons (Fsp3) is 0.565. The maximum absolute atomic E-state index is 13.2. The lowest BCUT2D eigenvalue weighted by Crippen LogP contribution is -2.40. The fourth-order valence-corrected chi connectivity index (χ4v) is 4.84. The van der Waals surface area contributed by atoms with Gasteiger partial charge >= 0.3 is 0 Å². The van der Waals surface area contributed by atoms with Crippen LogP contribution in [0, 0.1) is 24.6 Å². The van der Waals surface area contributed by atoms with E-state index in [1.165, 1.54) is 12.1 Å². The normalized spacial score (nSPS) is 26.5. The zero-order chi connectivity index (χ0) is 21.3. The van der Waals surface area contributed by atoms with Crippen molar-refractivity contribution in [1.82, 2.24) is 19.6 Å². The molecule has 0 radical (unpaired) electrons. The number of likely N-dealkylation sites (N-methyl/N-ethyl adjacent to an activating group) is 1. The van der Waals surface area contributed by atoms with Crippen LogP contribution in [-0.4, -0.2) is 65.4 Å². The van der Waals surface area contributed by atoms with Gasteiger partial charge in [0.05, 0.1) is 18.3 Å². The fourth-order valence-electron chi connectivity index (χ4n) is 4.84. The summed E-state index contributed by atoms with van der Waals surface area (Å²) in [4.78, 5) is 16.1. The van der Waals surface area contributed by atoms with Crippen LogP contribution in [0.4, 0.5) is 4.39 Å². The van der Waals surface area contributed by atoms with E-state index in [9.17, 15) is 9.18 Å². The number of ether oxygens (including phenoxy) is 1. The van der Waals surface area contributed by atoms with E-state index in [0.29, 0.717) is 11.8 Å². The zero-order valence-corrected chi connectivity index (χ0v) is 18.0. The highest BCUT2D eigenvalue weighted by molar-refractivity contribution is 5.76. The number of hydrogen-bond acceptors (Lipinski definition) is 4. The molecule has 4 atom stereocenters. The molecule has 4 rings (SSSR count). The summed E-state index contributed by atoms with van der Waals surface area (Å²) in [6, 6.07) is 6.93. The van der Waals surface area contributed by atoms with Crippen LogP contribution in [0.3, 0.4) is 0 Å². The lowest BCUT2D eigenvalue weighted by Gasteiger charge is -2.38. The van der Waals surface area contributed by atoms with E-state index in [4.69, 9.17) is 4.74 Å². The minimum Gasteiger partial charge on any atom is -0.366 e. The van der Waals surface area contributed by atoms with Gasteiger partial charge < -0.3 is 9.64 Å². The topological polar surface area (TPSA) is 50.6 Å². The Morgan fingerprint density at radius 1 is 1.20 bits per heavy atom. The number of aryl methyl sites for hydroxylation is 1. The van der Waals surface area contributed by atoms with Crippen molar-refractivity contribution in [3.05, 3.63) is 53.6 Å². The molecular weight excluding hydrogens is 383 g/mol. The monoisotopic (exact) mass is 414 g/mol. The molecule has 1 aliphatic heterocycles. The Hall–Kier alpha value is -2.25. The summed E-state index contributed by atoms with van der Waals surface area (Å²) in [6.07, 6.45) is 5.84. The van der Waals surface area contributed by atoms with Gasteiger partial charge in [-0.05, 0) is 54.9 Å². The van der Waals surface area contributed by atoms with Gasteiger partial charge in [0.25, 0.3) is 0 Å². The summed E-state index contributed by atoms with van der Waals surface area (Å²) < 4.78 is 21.4. The molecule has 30 heavy (non-hydrogen) atoms. The van der Waals surface area contributed by atoms with Crippen LogP contribution in [0.25, 0.3) is 0 Å². The van der Waals surface area contributed by atoms with Crippen molar-refractivity contribution >= 4 is 5.91 Å². The van der Waals surface area contributed by atoms with Crippen LogP contribution in [-0.2, 0) is 16.1 Å². The van der Waals surface area contributed by atoms with Gasteiger partial charge in [-0.2, -0.15) is 5.10 Å². The number of aromatic nitrogens is 2. The second kappa shape index (κ2) is 8.86. The van der Waals surface area contributed by atoms with E-state index >= 15 is 0 Å². The van der Waals surface area contributed by atoms with Crippen LogP contribution >= 0.6 is 0 Å². The molecule has 0 N–H and O–H groups in total. The van der Waals surface area contributed by atoms with Gasteiger partial charge in [-0.15, -0.1) is 0 Å². The molecule has 1 saturated carbocycles. The van der Waals surface area contributed by atoms with Crippen molar-refractivity contribution in [3.63, 3.8) is 0 Å². The highest BCUT2D eigenvalue weighted by Crippen LogP contribution is 2.42. The first-order valence-electron chi connectivity index (χ1n) is 10.7. The van der Waals surface area contributed by atoms with Crippen LogP contribution in [0.1, 0.15) is 30.0 Å². The molecule has 2 aromatic rings. The molecule has 2 heterocycles. The van der Waals surface area contributed by atoms with E-state index in [2.05, 4.69) is 16.2 Å². The third-order valence-corrected chi connectivity index (χ3v) is 6.47. The summed E-state index contributed by atoms with van der Waals surface area (Å²) in [7, 11) is 3.50. The minimum atomic E-state index is -0.196. The first-order valence-corrected chi connectivity index (χ1v) is 10.7. The molecule has 1 aromatic heterocycles. The summed E-state index contributed by atoms with van der Waals surface area (Å²) in [6.45, 7) is 5.02. The number of fused-ring (bicyclic) bond motifs is 1. The van der Waals surface area contributed by atoms with Crippen LogP contribution in [0.15, 0.2) is 36.7 Å². The van der Waals surface area contributed by atoms with Crippen molar-refractivity contribution in [2.24, 2.45) is 11.8 Å². The standard InChI is InChI=1S/C23H31FN4O2/c1-16-10-25-28(11-16)21-8-18-13-27(12-17-4-6-20(24)7-5-17)14-19(18)9-22(21)30-15-23(29)26(2)3/h4-7,10-11,18-19,21-22H,8-9,12-15H2,1-3H3/t18-,19+,21-,22-/m0/s1. The van der Waals surface area contributed by atoms with E-state index in [0.717, 1.165) is 43.6 Å². The molecule has 1 aromatic carbocycles. The molecule has 0 unspecified atom stereocenters. The Kier molecular flexibility index (Phi) is 6.20. The van der Waals surface area contributed by atoms with Crippen molar-refractivity contribution in [2.45, 2.75) is 38.5 Å². The van der Waals surface area contributed by atoms with Gasteiger partial charge in [-0.25, -0.2) is 4.39 Å². The molecule has 162 valence electrons. The third kappa shape index (κ3) is 4.73. The predicted octanol–water partition coefficient (Wildman–Crippen LogP) is 2.89. The smallest absolute Gasteiger partial charge is 0.248 e. The molecule has 2 aliphatic rings. The molecule has 1 amide bonds. The van der Waals surface area contributed by atoms with Crippen molar-refractivity contribution < 1.29 is 13.9 Å². The number of rotatable bonds is 6. The van der Waals surface area contributed by atoms with Gasteiger partial charge in [-0.3, -0.25) is 14.4 Å². The van der Waals surface area contributed by atoms with E-state index in [-0.39, 0.29) is 30.5 Å². The number of amides is 1. The average Bonchev–Trinajstić information content (AvgIpc) is 3.32. The second-order valence-electron chi connectivity index (χ2n) is 9.01. The minimum absolute atomic E-state index is 0.0168. The maximum Gasteiger partial charge on any atom is 0.248 e. The first kappa shape index (κ1) is 21.0. The van der Waals surface area contributed by atoms with Crippen LogP contribution in [0.2, 0.25) is 0 Å². The molecule has 1 saturated heterocycles. The molecule has 1 aliphatic carbocycles. The Balaban J connectivity index is 1.45. The third-order valence-electron chi connectivity index (χ3n) is 6.47. The predicted molar refractivity (Wildman–Crippen MR) is 112 cm³/mol. The van der Waals surface area contributed by atoms with Crippen LogP contribution < -0.4 is 0 Å². The zero-order valence-electron chi connectivity index (χ0n) is 18.0. The van der Waals surface area contributed by atoms with E-state index in [1.807, 2.05) is 29.9 Å². The lowest BCUT2D eigenvalue weighted by atomic mass is 9.77. The Morgan fingerprint density at radius 3 is 2.53 bits per heavy atom. The van der Waals surface area contributed by atoms with Gasteiger partial charge in [0.15, 0.2) is 0 Å². The average molecular weight is 415 g/mol. The van der Waals surface area contributed by atoms with Gasteiger partial charge in [-0.1, -0.05) is 12.1 Å². The molecule has 7 heteroatoms. The van der Waals surface area contributed by atoms with Crippen LogP contribution in [0.5, 0.6) is 0 Å². The number of nitrogens with zero attached hydrogens (tertiary/aromatic N) is 4. The van der Waals surface area contributed by atoms with E-state index < -0.39 is 0 Å². The lowest BCUT2D eigenvalue weighted by molar-refractivity contribution is -0.138. The Bertz CT molecular complexity index is 866. The first-order chi connectivity index (χ1) is 14.4. The number of carbonyl (C=O) groups excluding carboxylic acids is 1. The number of likely N-dealkylation sites (tertiary alicyclic amines) is 1. The second-order valence-corrected chi connectivity index (χ2v) is 9.01. The molecule has 6 nitrogen and oxygen atoms in total. The van der Waals surface area contributed by atoms with Crippen molar-refractivity contribution in [3.8, 4) is 0 Å².